The third kappa shape index (κ3) is 2.29. The maximum Gasteiger partial charge on any atom is 0.0952 e. The highest BCUT2D eigenvalue weighted by Gasteiger charge is 2.00. The maximum absolute atomic E-state index is 8.96. The molecule has 0 amide bonds. The van der Waals surface area contributed by atoms with Crippen LogP contribution in [0.3, 0.4) is 0 Å². The van der Waals surface area contributed by atoms with Crippen LogP contribution in [0.15, 0.2) is 36.8 Å². The van der Waals surface area contributed by atoms with Gasteiger partial charge in [-0.3, -0.25) is 0 Å². The fraction of sp³-hybridized carbons (Fsp3) is 0.300. The van der Waals surface area contributed by atoms with Gasteiger partial charge < -0.3 is 9.67 Å². The summed E-state index contributed by atoms with van der Waals surface area (Å²) in [6, 6.07) is 0. The van der Waals surface area contributed by atoms with E-state index in [2.05, 4.69) is 11.6 Å². The van der Waals surface area contributed by atoms with Crippen LogP contribution in [0.4, 0.5) is 0 Å². The van der Waals surface area contributed by atoms with Gasteiger partial charge in [-0.05, 0) is 12.5 Å². The van der Waals surface area contributed by atoms with Gasteiger partial charge in [-0.15, -0.1) is 0 Å². The van der Waals surface area contributed by atoms with Gasteiger partial charge in [0, 0.05) is 6.54 Å². The minimum Gasteiger partial charge on any atom is -0.390 e. The van der Waals surface area contributed by atoms with E-state index in [1.54, 1.807) is 18.6 Å². The molecule has 70 valence electrons. The van der Waals surface area contributed by atoms with Crippen molar-refractivity contribution in [1.29, 1.82) is 0 Å². The molecule has 3 heteroatoms. The van der Waals surface area contributed by atoms with Crippen LogP contribution in [-0.2, 0) is 13.2 Å². The van der Waals surface area contributed by atoms with Crippen molar-refractivity contribution in [2.75, 3.05) is 0 Å². The standard InChI is InChI=1S/C10H14N2O/c1-3-9(4-2)6-12-8-11-5-10(12)7-13/h3-5,8,13H,1,6-7H2,2H3/b9-4+. The smallest absolute Gasteiger partial charge is 0.0952 e. The zero-order chi connectivity index (χ0) is 9.68. The Morgan fingerprint density at radius 3 is 3.08 bits per heavy atom. The van der Waals surface area contributed by atoms with Crippen LogP contribution < -0.4 is 0 Å². The first-order chi connectivity index (χ1) is 6.31. The van der Waals surface area contributed by atoms with Crippen LogP contribution in [-0.4, -0.2) is 14.7 Å². The number of aliphatic hydroxyl groups excluding tert-OH is 1. The first-order valence-corrected chi connectivity index (χ1v) is 4.19. The van der Waals surface area contributed by atoms with Crippen molar-refractivity contribution in [3.8, 4) is 0 Å². The van der Waals surface area contributed by atoms with Crippen molar-refractivity contribution < 1.29 is 5.11 Å². The van der Waals surface area contributed by atoms with Gasteiger partial charge in [0.05, 0.1) is 24.8 Å². The van der Waals surface area contributed by atoms with Crippen LogP contribution in [0.2, 0.25) is 0 Å². The van der Waals surface area contributed by atoms with E-state index in [1.807, 2.05) is 17.6 Å². The predicted molar refractivity (Wildman–Crippen MR) is 52.1 cm³/mol. The number of rotatable bonds is 4. The second kappa shape index (κ2) is 4.62. The second-order valence-electron chi connectivity index (χ2n) is 2.74. The molecule has 1 aromatic heterocycles. The van der Waals surface area contributed by atoms with E-state index in [9.17, 15) is 0 Å². The molecular formula is C10H14N2O. The molecule has 1 aromatic rings. The SMILES string of the molecule is C=C/C(=C\C)Cn1cncc1CO. The number of hydrogen-bond acceptors (Lipinski definition) is 2. The highest BCUT2D eigenvalue weighted by atomic mass is 16.3. The highest BCUT2D eigenvalue weighted by molar-refractivity contribution is 5.16. The van der Waals surface area contributed by atoms with Gasteiger partial charge in [0.1, 0.15) is 0 Å². The maximum atomic E-state index is 8.96. The average Bonchev–Trinajstić information content (AvgIpc) is 2.61. The molecule has 0 aliphatic carbocycles. The van der Waals surface area contributed by atoms with Gasteiger partial charge in [0.25, 0.3) is 0 Å². The minimum atomic E-state index is 0.0220. The molecule has 0 spiro atoms. The van der Waals surface area contributed by atoms with Crippen LogP contribution in [0, 0.1) is 0 Å². The van der Waals surface area contributed by atoms with Gasteiger partial charge in [-0.1, -0.05) is 18.7 Å². The molecule has 1 heterocycles. The second-order valence-corrected chi connectivity index (χ2v) is 2.74. The molecule has 0 aromatic carbocycles. The topological polar surface area (TPSA) is 38.0 Å². The zero-order valence-electron chi connectivity index (χ0n) is 7.77. The molecule has 0 aliphatic rings. The van der Waals surface area contributed by atoms with Crippen molar-refractivity contribution in [1.82, 2.24) is 9.55 Å². The lowest BCUT2D eigenvalue weighted by Crippen LogP contribution is -2.02. The summed E-state index contributed by atoms with van der Waals surface area (Å²) in [6.07, 6.45) is 7.17. The first-order valence-electron chi connectivity index (χ1n) is 4.19. The number of aliphatic hydroxyl groups is 1. The molecule has 0 unspecified atom stereocenters. The monoisotopic (exact) mass is 178 g/mol. The van der Waals surface area contributed by atoms with E-state index in [0.717, 1.165) is 17.8 Å². The van der Waals surface area contributed by atoms with E-state index in [4.69, 9.17) is 5.11 Å². The van der Waals surface area contributed by atoms with E-state index in [1.165, 1.54) is 0 Å². The molecule has 1 rings (SSSR count). The molecule has 0 saturated heterocycles. The Bertz CT molecular complexity index is 312. The lowest BCUT2D eigenvalue weighted by atomic mass is 10.2. The molecule has 0 atom stereocenters. The molecule has 0 bridgehead atoms. The molecular weight excluding hydrogens is 164 g/mol. The Morgan fingerprint density at radius 2 is 2.54 bits per heavy atom. The van der Waals surface area contributed by atoms with E-state index >= 15 is 0 Å². The van der Waals surface area contributed by atoms with Crippen LogP contribution in [0.1, 0.15) is 12.6 Å². The lowest BCUT2D eigenvalue weighted by Gasteiger charge is -2.05. The summed E-state index contributed by atoms with van der Waals surface area (Å²) in [6.45, 7) is 6.41. The Kier molecular flexibility index (Phi) is 3.46. The Morgan fingerprint density at radius 1 is 1.77 bits per heavy atom. The molecule has 1 N–H and O–H groups in total. The third-order valence-corrected chi connectivity index (χ3v) is 1.95. The highest BCUT2D eigenvalue weighted by Crippen LogP contribution is 2.05. The Hall–Kier alpha value is -1.35. The summed E-state index contributed by atoms with van der Waals surface area (Å²) >= 11 is 0. The summed E-state index contributed by atoms with van der Waals surface area (Å²) in [5.74, 6) is 0. The Balaban J connectivity index is 2.78. The van der Waals surface area contributed by atoms with Crippen molar-refractivity contribution in [2.45, 2.75) is 20.1 Å². The van der Waals surface area contributed by atoms with E-state index < -0.39 is 0 Å². The van der Waals surface area contributed by atoms with Crippen LogP contribution in [0.5, 0.6) is 0 Å². The number of aromatic nitrogens is 2. The predicted octanol–water partition coefficient (Wildman–Crippen LogP) is 1.51. The van der Waals surface area contributed by atoms with Crippen molar-refractivity contribution in [3.63, 3.8) is 0 Å². The molecule has 0 radical (unpaired) electrons. The molecule has 0 fully saturated rings. The summed E-state index contributed by atoms with van der Waals surface area (Å²) in [5.41, 5.74) is 1.94. The fourth-order valence-electron chi connectivity index (χ4n) is 1.09. The van der Waals surface area contributed by atoms with Crippen LogP contribution in [0.25, 0.3) is 0 Å². The van der Waals surface area contributed by atoms with Crippen molar-refractivity contribution >= 4 is 0 Å². The van der Waals surface area contributed by atoms with Gasteiger partial charge in [0.2, 0.25) is 0 Å². The fourth-order valence-corrected chi connectivity index (χ4v) is 1.09. The van der Waals surface area contributed by atoms with Gasteiger partial charge in [-0.25, -0.2) is 4.98 Å². The van der Waals surface area contributed by atoms with Crippen LogP contribution >= 0.6 is 0 Å². The van der Waals surface area contributed by atoms with Gasteiger partial charge in [-0.2, -0.15) is 0 Å². The third-order valence-electron chi connectivity index (χ3n) is 1.95. The first kappa shape index (κ1) is 9.74. The summed E-state index contributed by atoms with van der Waals surface area (Å²) in [4.78, 5) is 3.96. The molecule has 3 nitrogen and oxygen atoms in total. The number of nitrogens with zero attached hydrogens (tertiary/aromatic N) is 2. The van der Waals surface area contributed by atoms with Gasteiger partial charge >= 0.3 is 0 Å². The molecule has 13 heavy (non-hydrogen) atoms. The molecule has 0 saturated carbocycles. The van der Waals surface area contributed by atoms with Crippen molar-refractivity contribution in [2.24, 2.45) is 0 Å². The van der Waals surface area contributed by atoms with E-state index in [0.29, 0.717) is 0 Å². The quantitative estimate of drug-likeness (QED) is 0.710. The normalized spacial score (nSPS) is 11.7. The zero-order valence-corrected chi connectivity index (χ0v) is 7.77. The number of allylic oxidation sites excluding steroid dienone is 3. The summed E-state index contributed by atoms with van der Waals surface area (Å²) in [7, 11) is 0. The summed E-state index contributed by atoms with van der Waals surface area (Å²) < 4.78 is 1.90. The largest absolute Gasteiger partial charge is 0.390 e. The minimum absolute atomic E-state index is 0.0220. The number of hydrogen-bond donors (Lipinski definition) is 1. The molecule has 0 aliphatic heterocycles. The lowest BCUT2D eigenvalue weighted by molar-refractivity contribution is 0.271. The number of imidazole rings is 1. The van der Waals surface area contributed by atoms with E-state index in [-0.39, 0.29) is 6.61 Å². The summed E-state index contributed by atoms with van der Waals surface area (Å²) in [5, 5.41) is 8.96. The van der Waals surface area contributed by atoms with Crippen molar-refractivity contribution in [3.05, 3.63) is 42.5 Å². The average molecular weight is 178 g/mol. The van der Waals surface area contributed by atoms with Gasteiger partial charge in [0.15, 0.2) is 0 Å². The Labute approximate surface area is 78.0 Å².